The minimum atomic E-state index is -4.39. The minimum absolute atomic E-state index is 0.140. The minimum Gasteiger partial charge on any atom is -0.476 e. The first-order chi connectivity index (χ1) is 16.6. The number of alkyl halides is 3. The number of aromatic nitrogens is 2. The van der Waals surface area contributed by atoms with Gasteiger partial charge in [0.25, 0.3) is 0 Å². The molecule has 188 valence electrons. The molecular weight excluding hydrogens is 463 g/mol. The fourth-order valence-electron chi connectivity index (χ4n) is 5.63. The van der Waals surface area contributed by atoms with E-state index in [1.54, 1.807) is 11.8 Å². The Balaban J connectivity index is 1.24. The van der Waals surface area contributed by atoms with Gasteiger partial charge in [0.05, 0.1) is 5.56 Å². The van der Waals surface area contributed by atoms with Crippen molar-refractivity contribution in [2.24, 2.45) is 11.8 Å². The molecule has 3 aliphatic rings. The van der Waals surface area contributed by atoms with Crippen molar-refractivity contribution < 1.29 is 27.9 Å². The maximum Gasteiger partial charge on any atom is 0.416 e. The van der Waals surface area contributed by atoms with E-state index < -0.39 is 17.7 Å². The Hall–Kier alpha value is -3.08. The largest absolute Gasteiger partial charge is 0.476 e. The Bertz CT molecular complexity index is 1130. The lowest BCUT2D eigenvalue weighted by atomic mass is 10.0. The van der Waals surface area contributed by atoms with Crippen molar-refractivity contribution >= 4 is 17.7 Å². The third-order valence-corrected chi connectivity index (χ3v) is 7.31. The summed E-state index contributed by atoms with van der Waals surface area (Å²) in [5, 5.41) is 13.1. The molecule has 35 heavy (non-hydrogen) atoms. The summed E-state index contributed by atoms with van der Waals surface area (Å²) in [5.74, 6) is -0.734. The summed E-state index contributed by atoms with van der Waals surface area (Å²) in [4.78, 5) is 29.9. The number of fused-ring (bicyclic) bond motifs is 1. The molecule has 1 aromatic heterocycles. The van der Waals surface area contributed by atoms with Crippen molar-refractivity contribution in [3.8, 4) is 0 Å². The van der Waals surface area contributed by atoms with Gasteiger partial charge in [0.15, 0.2) is 5.69 Å². The first-order valence-corrected chi connectivity index (χ1v) is 11.9. The van der Waals surface area contributed by atoms with E-state index in [1.165, 1.54) is 18.3 Å². The summed E-state index contributed by atoms with van der Waals surface area (Å²) in [6.45, 7) is 6.02. The van der Waals surface area contributed by atoms with Gasteiger partial charge < -0.3 is 14.9 Å². The number of carboxylic acids is 1. The highest BCUT2D eigenvalue weighted by Crippen LogP contribution is 2.36. The van der Waals surface area contributed by atoms with Gasteiger partial charge in [-0.3, -0.25) is 4.90 Å². The molecule has 0 saturated carbocycles. The first-order valence-electron chi connectivity index (χ1n) is 11.9. The molecule has 8 nitrogen and oxygen atoms in total. The van der Waals surface area contributed by atoms with Gasteiger partial charge in [-0.15, -0.1) is 0 Å². The molecule has 1 aromatic carbocycles. The summed E-state index contributed by atoms with van der Waals surface area (Å²) in [5.41, 5.74) is 0.967. The summed E-state index contributed by atoms with van der Waals surface area (Å²) >= 11 is 0. The molecule has 3 aliphatic heterocycles. The Morgan fingerprint density at radius 3 is 2.29 bits per heavy atom. The van der Waals surface area contributed by atoms with E-state index >= 15 is 0 Å². The molecular formula is C24H28F3N5O3. The Kier molecular flexibility index (Phi) is 5.98. The average molecular weight is 492 g/mol. The molecule has 1 N–H and O–H groups in total. The molecule has 0 aliphatic carbocycles. The average Bonchev–Trinajstić information content (AvgIpc) is 3.56. The lowest BCUT2D eigenvalue weighted by Crippen LogP contribution is -2.36. The van der Waals surface area contributed by atoms with Crippen LogP contribution in [-0.4, -0.2) is 76.0 Å². The van der Waals surface area contributed by atoms with Gasteiger partial charge in [-0.1, -0.05) is 0 Å². The normalized spacial score (nSPS) is 22.7. The van der Waals surface area contributed by atoms with Gasteiger partial charge in [0.1, 0.15) is 0 Å². The maximum absolute atomic E-state index is 13.6. The van der Waals surface area contributed by atoms with Crippen LogP contribution in [-0.2, 0) is 12.7 Å². The van der Waals surface area contributed by atoms with Crippen LogP contribution in [0.25, 0.3) is 0 Å². The van der Waals surface area contributed by atoms with Gasteiger partial charge in [0, 0.05) is 63.3 Å². The highest BCUT2D eigenvalue weighted by Gasteiger charge is 2.42. The fourth-order valence-corrected chi connectivity index (χ4v) is 5.63. The van der Waals surface area contributed by atoms with Crippen LogP contribution in [0.2, 0.25) is 0 Å². The van der Waals surface area contributed by atoms with Gasteiger partial charge >= 0.3 is 18.2 Å². The molecule has 4 heterocycles. The van der Waals surface area contributed by atoms with Crippen LogP contribution < -0.4 is 4.90 Å². The number of hydrogen-bond acceptors (Lipinski definition) is 5. The van der Waals surface area contributed by atoms with Crippen molar-refractivity contribution in [2.75, 3.05) is 44.2 Å². The Labute approximate surface area is 200 Å². The molecule has 2 atom stereocenters. The first kappa shape index (κ1) is 23.7. The molecule has 3 saturated heterocycles. The second-order valence-electron chi connectivity index (χ2n) is 9.89. The zero-order chi connectivity index (χ0) is 24.9. The Morgan fingerprint density at radius 2 is 1.71 bits per heavy atom. The third kappa shape index (κ3) is 4.73. The number of likely N-dealkylation sites (tertiary alicyclic amines) is 2. The number of benzene rings is 1. The number of halogens is 3. The number of aromatic carboxylic acids is 1. The SMILES string of the molecule is Cc1cn(C(=O)N2CC3CN(Cc4cc(N5CCCC5)cc(C(F)(F)F)c4)CC3C2)nc1C(=O)O. The molecule has 2 unspecified atom stereocenters. The maximum atomic E-state index is 13.6. The van der Waals surface area contributed by atoms with Crippen LogP contribution in [0.15, 0.2) is 24.4 Å². The highest BCUT2D eigenvalue weighted by molar-refractivity contribution is 5.88. The molecule has 11 heteroatoms. The van der Waals surface area contributed by atoms with Crippen molar-refractivity contribution in [3.63, 3.8) is 0 Å². The van der Waals surface area contributed by atoms with E-state index in [-0.39, 0.29) is 23.6 Å². The predicted molar refractivity (Wildman–Crippen MR) is 121 cm³/mol. The van der Waals surface area contributed by atoms with E-state index in [1.807, 2.05) is 11.0 Å². The molecule has 2 aromatic rings. The van der Waals surface area contributed by atoms with Gasteiger partial charge in [-0.2, -0.15) is 23.0 Å². The molecule has 0 radical (unpaired) electrons. The number of nitrogens with zero attached hydrogens (tertiary/aromatic N) is 5. The quantitative estimate of drug-likeness (QED) is 0.705. The van der Waals surface area contributed by atoms with Crippen LogP contribution in [0.1, 0.15) is 40.0 Å². The molecule has 5 rings (SSSR count). The van der Waals surface area contributed by atoms with Gasteiger partial charge in [0.2, 0.25) is 0 Å². The van der Waals surface area contributed by atoms with E-state index in [9.17, 15) is 27.9 Å². The van der Waals surface area contributed by atoms with Gasteiger partial charge in [-0.25, -0.2) is 9.59 Å². The number of anilines is 1. The van der Waals surface area contributed by atoms with Crippen LogP contribution in [0, 0.1) is 18.8 Å². The molecule has 0 bridgehead atoms. The van der Waals surface area contributed by atoms with E-state index in [2.05, 4.69) is 10.00 Å². The zero-order valence-corrected chi connectivity index (χ0v) is 19.5. The number of amides is 1. The number of aryl methyl sites for hydroxylation is 1. The second kappa shape index (κ2) is 8.85. The Morgan fingerprint density at radius 1 is 1.06 bits per heavy atom. The fraction of sp³-hybridized carbons (Fsp3) is 0.542. The number of carbonyl (C=O) groups excluding carboxylic acids is 1. The number of carboxylic acid groups (broad SMARTS) is 1. The van der Waals surface area contributed by atoms with Crippen molar-refractivity contribution in [1.82, 2.24) is 19.6 Å². The van der Waals surface area contributed by atoms with Crippen molar-refractivity contribution in [1.29, 1.82) is 0 Å². The lowest BCUT2D eigenvalue weighted by Gasteiger charge is -2.24. The second-order valence-corrected chi connectivity index (χ2v) is 9.89. The van der Waals surface area contributed by atoms with E-state index in [4.69, 9.17) is 0 Å². The molecule has 3 fully saturated rings. The van der Waals surface area contributed by atoms with Crippen LogP contribution in [0.3, 0.4) is 0 Å². The summed E-state index contributed by atoms with van der Waals surface area (Å²) in [6.07, 6.45) is -0.978. The van der Waals surface area contributed by atoms with Gasteiger partial charge in [-0.05, 0) is 55.4 Å². The van der Waals surface area contributed by atoms with E-state index in [0.29, 0.717) is 49.5 Å². The smallest absolute Gasteiger partial charge is 0.416 e. The van der Waals surface area contributed by atoms with Crippen LogP contribution in [0.4, 0.5) is 23.7 Å². The predicted octanol–water partition coefficient (Wildman–Crippen LogP) is 3.54. The van der Waals surface area contributed by atoms with E-state index in [0.717, 1.165) is 30.6 Å². The van der Waals surface area contributed by atoms with Crippen molar-refractivity contribution in [2.45, 2.75) is 32.5 Å². The molecule has 0 spiro atoms. The van der Waals surface area contributed by atoms with Crippen LogP contribution >= 0.6 is 0 Å². The number of rotatable bonds is 4. The highest BCUT2D eigenvalue weighted by atomic mass is 19.4. The third-order valence-electron chi connectivity index (χ3n) is 7.31. The van der Waals surface area contributed by atoms with Crippen molar-refractivity contribution in [3.05, 3.63) is 46.8 Å². The zero-order valence-electron chi connectivity index (χ0n) is 19.5. The topological polar surface area (TPSA) is 81.9 Å². The molecule has 1 amide bonds. The number of carbonyl (C=O) groups is 2. The number of hydrogen-bond donors (Lipinski definition) is 1. The van der Waals surface area contributed by atoms with Crippen LogP contribution in [0.5, 0.6) is 0 Å². The summed E-state index contributed by atoms with van der Waals surface area (Å²) < 4.78 is 41.8. The summed E-state index contributed by atoms with van der Waals surface area (Å²) in [6, 6.07) is 4.03. The summed E-state index contributed by atoms with van der Waals surface area (Å²) in [7, 11) is 0. The lowest BCUT2D eigenvalue weighted by molar-refractivity contribution is -0.137. The monoisotopic (exact) mass is 491 g/mol. The standard InChI is InChI=1S/C24H28F3N5O3/c1-15-9-32(28-21(15)22(33)34)23(35)31-13-17-11-29(12-18(17)14-31)10-16-6-19(24(25,26)27)8-20(7-16)30-4-2-3-5-30/h6-9,17-18H,2-5,10-14H2,1H3,(H,33,34).